The van der Waals surface area contributed by atoms with Gasteiger partial charge < -0.3 is 9.42 Å². The molecule has 3 rings (SSSR count). The number of likely N-dealkylation sites (tertiary alicyclic amines) is 1. The van der Waals surface area contributed by atoms with Crippen molar-refractivity contribution < 1.29 is 9.32 Å². The number of amides is 1. The monoisotopic (exact) mass is 318 g/mol. The molecule has 0 saturated carbocycles. The average molecular weight is 318 g/mol. The number of nitrogens with zero attached hydrogens (tertiary/aromatic N) is 6. The quantitative estimate of drug-likeness (QED) is 0.850. The zero-order valence-corrected chi connectivity index (χ0v) is 13.7. The number of aryl methyl sites for hydroxylation is 1. The molecule has 124 valence electrons. The van der Waals surface area contributed by atoms with Crippen LogP contribution in [0, 0.1) is 12.8 Å². The first-order valence-corrected chi connectivity index (χ1v) is 7.99. The van der Waals surface area contributed by atoms with E-state index in [1.165, 1.54) is 6.33 Å². The standard InChI is InChI=1S/C15H22N6O2/c1-10(2)13(21-9-16-8-17-21)15(22)20-6-4-5-12(7-20)14-18-11(3)19-23-14/h8-10,12-13H,4-7H2,1-3H3/t12-,13-/m1/s1. The van der Waals surface area contributed by atoms with Crippen LogP contribution in [0.1, 0.15) is 50.4 Å². The highest BCUT2D eigenvalue weighted by atomic mass is 16.5. The molecule has 2 aromatic heterocycles. The molecule has 2 atom stereocenters. The number of hydrogen-bond donors (Lipinski definition) is 0. The van der Waals surface area contributed by atoms with Crippen molar-refractivity contribution in [2.24, 2.45) is 5.92 Å². The normalized spacial score (nSPS) is 20.0. The zero-order valence-electron chi connectivity index (χ0n) is 13.7. The van der Waals surface area contributed by atoms with E-state index in [9.17, 15) is 4.79 Å². The third-order valence-electron chi connectivity index (χ3n) is 4.23. The van der Waals surface area contributed by atoms with Gasteiger partial charge in [0, 0.05) is 13.1 Å². The lowest BCUT2D eigenvalue weighted by Gasteiger charge is -2.34. The smallest absolute Gasteiger partial charge is 0.247 e. The number of carbonyl (C=O) groups is 1. The molecule has 1 fully saturated rings. The highest BCUT2D eigenvalue weighted by Crippen LogP contribution is 2.28. The van der Waals surface area contributed by atoms with Crippen LogP contribution in [0.2, 0.25) is 0 Å². The van der Waals surface area contributed by atoms with Crippen LogP contribution < -0.4 is 0 Å². The van der Waals surface area contributed by atoms with Gasteiger partial charge in [0.25, 0.3) is 0 Å². The Morgan fingerprint density at radius 1 is 1.43 bits per heavy atom. The number of rotatable bonds is 4. The van der Waals surface area contributed by atoms with Crippen molar-refractivity contribution in [3.63, 3.8) is 0 Å². The number of carbonyl (C=O) groups excluding carboxylic acids is 1. The number of piperidine rings is 1. The molecule has 8 nitrogen and oxygen atoms in total. The van der Waals surface area contributed by atoms with Crippen molar-refractivity contribution in [2.45, 2.75) is 45.6 Å². The predicted molar refractivity (Wildman–Crippen MR) is 81.5 cm³/mol. The second-order valence-electron chi connectivity index (χ2n) is 6.37. The van der Waals surface area contributed by atoms with Crippen molar-refractivity contribution in [3.05, 3.63) is 24.4 Å². The van der Waals surface area contributed by atoms with Gasteiger partial charge in [-0.25, -0.2) is 9.67 Å². The maximum absolute atomic E-state index is 13.0. The van der Waals surface area contributed by atoms with E-state index < -0.39 is 0 Å². The predicted octanol–water partition coefficient (Wildman–Crippen LogP) is 1.57. The average Bonchev–Trinajstić information content (AvgIpc) is 3.19. The van der Waals surface area contributed by atoms with Crippen LogP contribution in [-0.2, 0) is 4.79 Å². The van der Waals surface area contributed by atoms with E-state index in [1.807, 2.05) is 18.7 Å². The Balaban J connectivity index is 1.75. The summed E-state index contributed by atoms with van der Waals surface area (Å²) in [6.45, 7) is 7.21. The molecular formula is C15H22N6O2. The summed E-state index contributed by atoms with van der Waals surface area (Å²) < 4.78 is 6.93. The first-order valence-electron chi connectivity index (χ1n) is 7.99. The van der Waals surface area contributed by atoms with Gasteiger partial charge in [-0.05, 0) is 25.7 Å². The summed E-state index contributed by atoms with van der Waals surface area (Å²) in [6.07, 6.45) is 4.95. The van der Waals surface area contributed by atoms with Gasteiger partial charge in [-0.2, -0.15) is 10.1 Å². The molecular weight excluding hydrogens is 296 g/mol. The Bertz CT molecular complexity index is 651. The van der Waals surface area contributed by atoms with Gasteiger partial charge in [0.05, 0.1) is 5.92 Å². The maximum atomic E-state index is 13.0. The molecule has 0 aromatic carbocycles. The van der Waals surface area contributed by atoms with Crippen LogP contribution in [0.15, 0.2) is 17.2 Å². The summed E-state index contributed by atoms with van der Waals surface area (Å²) in [5.74, 6) is 1.58. The molecule has 0 unspecified atom stereocenters. The lowest BCUT2D eigenvalue weighted by molar-refractivity contribution is -0.137. The Kier molecular flexibility index (Phi) is 4.40. The van der Waals surface area contributed by atoms with Crippen LogP contribution >= 0.6 is 0 Å². The fraction of sp³-hybridized carbons (Fsp3) is 0.667. The fourth-order valence-corrected chi connectivity index (χ4v) is 3.11. The highest BCUT2D eigenvalue weighted by Gasteiger charge is 2.34. The molecule has 1 saturated heterocycles. The van der Waals surface area contributed by atoms with Crippen molar-refractivity contribution in [1.82, 2.24) is 29.8 Å². The minimum absolute atomic E-state index is 0.0754. The van der Waals surface area contributed by atoms with Crippen LogP contribution in [0.4, 0.5) is 0 Å². The number of aromatic nitrogens is 5. The maximum Gasteiger partial charge on any atom is 0.247 e. The lowest BCUT2D eigenvalue weighted by atomic mass is 9.95. The van der Waals surface area contributed by atoms with Crippen molar-refractivity contribution in [2.75, 3.05) is 13.1 Å². The highest BCUT2D eigenvalue weighted by molar-refractivity contribution is 5.80. The van der Waals surface area contributed by atoms with Gasteiger partial charge >= 0.3 is 0 Å². The fourth-order valence-electron chi connectivity index (χ4n) is 3.11. The molecule has 0 aliphatic carbocycles. The molecule has 2 aromatic rings. The summed E-state index contributed by atoms with van der Waals surface area (Å²) in [4.78, 5) is 23.2. The first kappa shape index (κ1) is 15.6. The SMILES string of the molecule is Cc1noc([C@@H]2CCCN(C(=O)[C@@H](C(C)C)n3cncn3)C2)n1. The Morgan fingerprint density at radius 3 is 2.87 bits per heavy atom. The molecule has 1 aliphatic heterocycles. The second kappa shape index (κ2) is 6.47. The van der Waals surface area contributed by atoms with Crippen molar-refractivity contribution >= 4 is 5.91 Å². The van der Waals surface area contributed by atoms with Crippen LogP contribution in [0.5, 0.6) is 0 Å². The van der Waals surface area contributed by atoms with Gasteiger partial charge in [0.15, 0.2) is 5.82 Å². The molecule has 23 heavy (non-hydrogen) atoms. The van der Waals surface area contributed by atoms with Crippen LogP contribution in [-0.4, -0.2) is 48.8 Å². The molecule has 0 N–H and O–H groups in total. The lowest BCUT2D eigenvalue weighted by Crippen LogP contribution is -2.44. The molecule has 8 heteroatoms. The van der Waals surface area contributed by atoms with Gasteiger partial charge in [-0.1, -0.05) is 19.0 Å². The Labute approximate surface area is 134 Å². The van der Waals surface area contributed by atoms with E-state index >= 15 is 0 Å². The van der Waals surface area contributed by atoms with Crippen molar-refractivity contribution in [3.8, 4) is 0 Å². The molecule has 0 spiro atoms. The van der Waals surface area contributed by atoms with E-state index in [1.54, 1.807) is 17.9 Å². The van der Waals surface area contributed by atoms with E-state index in [-0.39, 0.29) is 23.8 Å². The van der Waals surface area contributed by atoms with Crippen LogP contribution in [0.25, 0.3) is 0 Å². The molecule has 3 heterocycles. The van der Waals surface area contributed by atoms with Crippen LogP contribution in [0.3, 0.4) is 0 Å². The third kappa shape index (κ3) is 3.25. The molecule has 0 bridgehead atoms. The van der Waals surface area contributed by atoms with E-state index in [2.05, 4.69) is 20.2 Å². The third-order valence-corrected chi connectivity index (χ3v) is 4.23. The van der Waals surface area contributed by atoms with Gasteiger partial charge in [0.2, 0.25) is 11.8 Å². The van der Waals surface area contributed by atoms with E-state index in [0.717, 1.165) is 19.4 Å². The summed E-state index contributed by atoms with van der Waals surface area (Å²) in [6, 6.07) is -0.333. The van der Waals surface area contributed by atoms with Crippen molar-refractivity contribution in [1.29, 1.82) is 0 Å². The summed E-state index contributed by atoms with van der Waals surface area (Å²) >= 11 is 0. The topological polar surface area (TPSA) is 89.9 Å². The molecule has 1 aliphatic rings. The van der Waals surface area contributed by atoms with Gasteiger partial charge in [-0.15, -0.1) is 0 Å². The Morgan fingerprint density at radius 2 is 2.26 bits per heavy atom. The summed E-state index contributed by atoms with van der Waals surface area (Å²) in [5, 5.41) is 8.01. The Hall–Kier alpha value is -2.25. The van der Waals surface area contributed by atoms with Gasteiger partial charge in [-0.3, -0.25) is 4.79 Å². The number of hydrogen-bond acceptors (Lipinski definition) is 6. The van der Waals surface area contributed by atoms with E-state index in [0.29, 0.717) is 18.3 Å². The molecule has 1 amide bonds. The second-order valence-corrected chi connectivity index (χ2v) is 6.37. The first-order chi connectivity index (χ1) is 11.1. The minimum atomic E-state index is -0.333. The summed E-state index contributed by atoms with van der Waals surface area (Å²) in [7, 11) is 0. The molecule has 0 radical (unpaired) electrons. The summed E-state index contributed by atoms with van der Waals surface area (Å²) in [5.41, 5.74) is 0. The zero-order chi connectivity index (χ0) is 16.4. The largest absolute Gasteiger partial charge is 0.340 e. The minimum Gasteiger partial charge on any atom is -0.340 e. The van der Waals surface area contributed by atoms with E-state index in [4.69, 9.17) is 4.52 Å². The van der Waals surface area contributed by atoms with Gasteiger partial charge in [0.1, 0.15) is 18.7 Å².